The number of methoxy groups -OCH3 is 1. The Morgan fingerprint density at radius 3 is 2.46 bits per heavy atom. The zero-order valence-electron chi connectivity index (χ0n) is 14.4. The van der Waals surface area contributed by atoms with Crippen LogP contribution in [0, 0.1) is 11.3 Å². The molecule has 0 saturated carbocycles. The normalized spacial score (nSPS) is 13.9. The second-order valence-electron chi connectivity index (χ2n) is 5.91. The van der Waals surface area contributed by atoms with Gasteiger partial charge in [-0.15, -0.1) is 0 Å². The van der Waals surface area contributed by atoms with Crippen molar-refractivity contribution in [3.8, 4) is 11.8 Å². The number of rotatable bonds is 3. The highest BCUT2D eigenvalue weighted by Gasteiger charge is 2.20. The molecule has 1 fully saturated rings. The standard InChI is InChI=1S/C19H19ClN4OS/c1-25-18-7-4-15(20)12-17(18)22-19(26)24-10-8-23(9-11-24)16-5-2-14(13-21)3-6-16/h2-7,12H,8-11H2,1H3,(H,22,26). The van der Waals surface area contributed by atoms with Crippen LogP contribution in [0.25, 0.3) is 0 Å². The molecule has 0 amide bonds. The molecule has 0 atom stereocenters. The van der Waals surface area contributed by atoms with Crippen LogP contribution in [0.1, 0.15) is 5.56 Å². The first-order valence-corrected chi connectivity index (χ1v) is 9.04. The van der Waals surface area contributed by atoms with Crippen LogP contribution in [-0.2, 0) is 0 Å². The molecule has 0 spiro atoms. The van der Waals surface area contributed by atoms with Crippen LogP contribution in [0.3, 0.4) is 0 Å². The molecule has 0 radical (unpaired) electrons. The van der Waals surface area contributed by atoms with Crippen molar-refractivity contribution >= 4 is 40.3 Å². The van der Waals surface area contributed by atoms with E-state index in [4.69, 9.17) is 33.8 Å². The van der Waals surface area contributed by atoms with Gasteiger partial charge in [0.25, 0.3) is 0 Å². The number of hydrogen-bond acceptors (Lipinski definition) is 4. The molecular formula is C19H19ClN4OS. The summed E-state index contributed by atoms with van der Waals surface area (Å²) < 4.78 is 5.35. The highest BCUT2D eigenvalue weighted by atomic mass is 35.5. The second kappa shape index (κ2) is 8.26. The van der Waals surface area contributed by atoms with Crippen molar-refractivity contribution in [2.45, 2.75) is 0 Å². The van der Waals surface area contributed by atoms with E-state index in [9.17, 15) is 0 Å². The van der Waals surface area contributed by atoms with Crippen molar-refractivity contribution in [3.05, 3.63) is 53.1 Å². The van der Waals surface area contributed by atoms with Crippen LogP contribution in [0.4, 0.5) is 11.4 Å². The molecule has 134 valence electrons. The molecule has 26 heavy (non-hydrogen) atoms. The monoisotopic (exact) mass is 386 g/mol. The third-order valence-corrected chi connectivity index (χ3v) is 4.93. The highest BCUT2D eigenvalue weighted by Crippen LogP contribution is 2.28. The van der Waals surface area contributed by atoms with Crippen LogP contribution in [0.15, 0.2) is 42.5 Å². The summed E-state index contributed by atoms with van der Waals surface area (Å²) in [5.74, 6) is 0.702. The van der Waals surface area contributed by atoms with E-state index >= 15 is 0 Å². The van der Waals surface area contributed by atoms with Crippen molar-refractivity contribution in [1.82, 2.24) is 4.90 Å². The van der Waals surface area contributed by atoms with E-state index < -0.39 is 0 Å². The molecule has 0 unspecified atom stereocenters. The van der Waals surface area contributed by atoms with Crippen molar-refractivity contribution in [2.75, 3.05) is 43.5 Å². The number of hydrogen-bond donors (Lipinski definition) is 1. The van der Waals surface area contributed by atoms with Crippen molar-refractivity contribution < 1.29 is 4.74 Å². The lowest BCUT2D eigenvalue weighted by molar-refractivity contribution is 0.390. The summed E-state index contributed by atoms with van der Waals surface area (Å²) in [4.78, 5) is 4.43. The molecule has 5 nitrogen and oxygen atoms in total. The number of nitriles is 1. The van der Waals surface area contributed by atoms with Gasteiger partial charge in [0.1, 0.15) is 5.75 Å². The maximum Gasteiger partial charge on any atom is 0.173 e. The van der Waals surface area contributed by atoms with E-state index in [0.29, 0.717) is 21.4 Å². The minimum Gasteiger partial charge on any atom is -0.495 e. The first kappa shape index (κ1) is 18.3. The molecule has 2 aromatic carbocycles. The first-order valence-electron chi connectivity index (χ1n) is 8.25. The maximum absolute atomic E-state index is 8.90. The van der Waals surface area contributed by atoms with Gasteiger partial charge in [0.15, 0.2) is 5.11 Å². The average Bonchev–Trinajstić information content (AvgIpc) is 2.68. The maximum atomic E-state index is 8.90. The molecule has 1 heterocycles. The van der Waals surface area contributed by atoms with Gasteiger partial charge < -0.3 is 19.9 Å². The number of nitrogens with zero attached hydrogens (tertiary/aromatic N) is 3. The smallest absolute Gasteiger partial charge is 0.173 e. The summed E-state index contributed by atoms with van der Waals surface area (Å²) in [5.41, 5.74) is 2.56. The van der Waals surface area contributed by atoms with E-state index in [1.807, 2.05) is 30.3 Å². The lowest BCUT2D eigenvalue weighted by Crippen LogP contribution is -2.50. The number of piperazine rings is 1. The van der Waals surface area contributed by atoms with Gasteiger partial charge >= 0.3 is 0 Å². The third kappa shape index (κ3) is 4.18. The van der Waals surface area contributed by atoms with E-state index in [2.05, 4.69) is 21.2 Å². The molecule has 1 N–H and O–H groups in total. The Bertz CT molecular complexity index is 826. The highest BCUT2D eigenvalue weighted by molar-refractivity contribution is 7.80. The number of halogens is 1. The van der Waals surface area contributed by atoms with Gasteiger partial charge in [-0.3, -0.25) is 0 Å². The number of anilines is 2. The van der Waals surface area contributed by atoms with E-state index in [1.165, 1.54) is 0 Å². The molecule has 1 saturated heterocycles. The fourth-order valence-electron chi connectivity index (χ4n) is 2.89. The summed E-state index contributed by atoms with van der Waals surface area (Å²) in [5, 5.41) is 13.4. The number of nitrogens with one attached hydrogen (secondary N) is 1. The summed E-state index contributed by atoms with van der Waals surface area (Å²) >= 11 is 11.6. The summed E-state index contributed by atoms with van der Waals surface area (Å²) in [6, 6.07) is 15.2. The lowest BCUT2D eigenvalue weighted by atomic mass is 10.2. The first-order chi connectivity index (χ1) is 12.6. The topological polar surface area (TPSA) is 51.5 Å². The zero-order valence-corrected chi connectivity index (χ0v) is 16.0. The Hall–Kier alpha value is -2.49. The number of benzene rings is 2. The van der Waals surface area contributed by atoms with Crippen molar-refractivity contribution in [2.24, 2.45) is 0 Å². The minimum atomic E-state index is 0.627. The van der Waals surface area contributed by atoms with Gasteiger partial charge in [-0.1, -0.05) is 11.6 Å². The zero-order chi connectivity index (χ0) is 18.5. The van der Waals surface area contributed by atoms with Gasteiger partial charge in [0, 0.05) is 36.9 Å². The molecule has 2 aromatic rings. The van der Waals surface area contributed by atoms with Gasteiger partial charge in [0.05, 0.1) is 24.4 Å². The fraction of sp³-hybridized carbons (Fsp3) is 0.263. The van der Waals surface area contributed by atoms with Crippen LogP contribution in [-0.4, -0.2) is 43.3 Å². The molecule has 3 rings (SSSR count). The Kier molecular flexibility index (Phi) is 5.82. The second-order valence-corrected chi connectivity index (χ2v) is 6.73. The van der Waals surface area contributed by atoms with Crippen molar-refractivity contribution in [1.29, 1.82) is 5.26 Å². The number of ether oxygens (including phenoxy) is 1. The Morgan fingerprint density at radius 1 is 1.15 bits per heavy atom. The summed E-state index contributed by atoms with van der Waals surface area (Å²) in [6.07, 6.45) is 0. The molecular weight excluding hydrogens is 368 g/mol. The Labute approximate surface area is 163 Å². The fourth-order valence-corrected chi connectivity index (χ4v) is 3.35. The average molecular weight is 387 g/mol. The molecule has 0 aromatic heterocycles. The van der Waals surface area contributed by atoms with E-state index in [0.717, 1.165) is 37.6 Å². The van der Waals surface area contributed by atoms with Crippen LogP contribution in [0.2, 0.25) is 5.02 Å². The van der Waals surface area contributed by atoms with Gasteiger partial charge in [-0.05, 0) is 54.7 Å². The molecule has 1 aliphatic rings. The van der Waals surface area contributed by atoms with Crippen molar-refractivity contribution in [3.63, 3.8) is 0 Å². The van der Waals surface area contributed by atoms with Gasteiger partial charge in [0.2, 0.25) is 0 Å². The Morgan fingerprint density at radius 2 is 1.85 bits per heavy atom. The summed E-state index contributed by atoms with van der Waals surface area (Å²) in [6.45, 7) is 3.35. The SMILES string of the molecule is COc1ccc(Cl)cc1NC(=S)N1CCN(c2ccc(C#N)cc2)CC1. The predicted octanol–water partition coefficient (Wildman–Crippen LogP) is 3.74. The molecule has 7 heteroatoms. The molecule has 1 aliphatic heterocycles. The van der Waals surface area contributed by atoms with Crippen LogP contribution in [0.5, 0.6) is 5.75 Å². The molecule has 0 aliphatic carbocycles. The number of thiocarbonyl (C=S) groups is 1. The van der Waals surface area contributed by atoms with Crippen LogP contribution < -0.4 is 15.0 Å². The largest absolute Gasteiger partial charge is 0.495 e. The van der Waals surface area contributed by atoms with Gasteiger partial charge in [-0.25, -0.2) is 0 Å². The quantitative estimate of drug-likeness (QED) is 0.811. The Balaban J connectivity index is 1.60. The van der Waals surface area contributed by atoms with E-state index in [1.54, 1.807) is 19.2 Å². The molecule has 0 bridgehead atoms. The lowest BCUT2D eigenvalue weighted by Gasteiger charge is -2.37. The summed E-state index contributed by atoms with van der Waals surface area (Å²) in [7, 11) is 1.62. The minimum absolute atomic E-state index is 0.627. The third-order valence-electron chi connectivity index (χ3n) is 4.33. The van der Waals surface area contributed by atoms with Gasteiger partial charge in [-0.2, -0.15) is 5.26 Å². The predicted molar refractivity (Wildman–Crippen MR) is 109 cm³/mol. The van der Waals surface area contributed by atoms with E-state index in [-0.39, 0.29) is 0 Å². The van der Waals surface area contributed by atoms with Crippen LogP contribution >= 0.6 is 23.8 Å².